The summed E-state index contributed by atoms with van der Waals surface area (Å²) in [7, 11) is 0. The Kier molecular flexibility index (Phi) is 8.36. The Morgan fingerprint density at radius 1 is 0.833 bits per heavy atom. The van der Waals surface area contributed by atoms with E-state index in [-0.39, 0.29) is 25.0 Å². The van der Waals surface area contributed by atoms with Crippen LogP contribution in [0.3, 0.4) is 0 Å². The predicted octanol–water partition coefficient (Wildman–Crippen LogP) is 7.02. The van der Waals surface area contributed by atoms with Crippen molar-refractivity contribution in [3.63, 3.8) is 0 Å². The molecule has 0 aliphatic heterocycles. The van der Waals surface area contributed by atoms with Crippen LogP contribution >= 0.6 is 15.9 Å². The van der Waals surface area contributed by atoms with Crippen LogP contribution < -0.4 is 20.3 Å². The van der Waals surface area contributed by atoms with Gasteiger partial charge in [0.2, 0.25) is 0 Å². The maximum atomic E-state index is 13.2. The third kappa shape index (κ3) is 6.96. The molecule has 0 bridgehead atoms. The Morgan fingerprint density at radius 2 is 1.53 bits per heavy atom. The quantitative estimate of drug-likeness (QED) is 0.251. The highest BCUT2D eigenvalue weighted by atomic mass is 79.9. The number of anilines is 2. The summed E-state index contributed by atoms with van der Waals surface area (Å²) >= 11 is 3.38. The zero-order chi connectivity index (χ0) is 25.3. The molecule has 0 radical (unpaired) electrons. The Labute approximate surface area is 219 Å². The number of hydrogen-bond donors (Lipinski definition) is 2. The van der Waals surface area contributed by atoms with Crippen LogP contribution in [0.25, 0.3) is 0 Å². The maximum absolute atomic E-state index is 13.2. The molecule has 4 aromatic rings. The monoisotopic (exact) mass is 543 g/mol. The second-order valence-electron chi connectivity index (χ2n) is 8.12. The Morgan fingerprint density at radius 3 is 2.22 bits per heavy atom. The second kappa shape index (κ2) is 12.0. The highest BCUT2D eigenvalue weighted by molar-refractivity contribution is 9.10. The Bertz CT molecular complexity index is 1310. The van der Waals surface area contributed by atoms with E-state index in [1.807, 2.05) is 91.9 Å². The molecule has 0 unspecified atom stereocenters. The van der Waals surface area contributed by atoms with Gasteiger partial charge in [0, 0.05) is 34.5 Å². The summed E-state index contributed by atoms with van der Waals surface area (Å²) in [6, 6.07) is 31.2. The van der Waals surface area contributed by atoms with Gasteiger partial charge in [-0.15, -0.1) is 0 Å². The molecule has 3 amide bonds. The molecule has 2 N–H and O–H groups in total. The predicted molar refractivity (Wildman–Crippen MR) is 147 cm³/mol. The molecule has 7 heteroatoms. The normalized spacial score (nSPS) is 10.4. The number of nitrogens with zero attached hydrogens (tertiary/aromatic N) is 1. The van der Waals surface area contributed by atoms with Crippen LogP contribution in [0.1, 0.15) is 15.9 Å². The number of benzene rings is 4. The van der Waals surface area contributed by atoms with E-state index in [1.54, 1.807) is 23.1 Å². The van der Waals surface area contributed by atoms with Gasteiger partial charge in [-0.25, -0.2) is 4.79 Å². The first-order valence-electron chi connectivity index (χ1n) is 11.5. The van der Waals surface area contributed by atoms with Crippen molar-refractivity contribution in [3.05, 3.63) is 119 Å². The summed E-state index contributed by atoms with van der Waals surface area (Å²) in [6.07, 6.45) is 0. The molecule has 4 aromatic carbocycles. The number of para-hydroxylation sites is 1. The van der Waals surface area contributed by atoms with Crippen LogP contribution in [0.4, 0.5) is 16.2 Å². The minimum atomic E-state index is -0.299. The maximum Gasteiger partial charge on any atom is 0.326 e. The molecule has 0 saturated heterocycles. The van der Waals surface area contributed by atoms with Gasteiger partial charge in [-0.1, -0.05) is 57.9 Å². The molecular formula is C29H26BrN3O3. The Balaban J connectivity index is 1.47. The van der Waals surface area contributed by atoms with E-state index < -0.39 is 0 Å². The van der Waals surface area contributed by atoms with E-state index in [9.17, 15) is 9.59 Å². The zero-order valence-electron chi connectivity index (χ0n) is 19.8. The lowest BCUT2D eigenvalue weighted by atomic mass is 10.2. The largest absolute Gasteiger partial charge is 0.457 e. The van der Waals surface area contributed by atoms with Crippen LogP contribution in [-0.4, -0.2) is 25.0 Å². The van der Waals surface area contributed by atoms with Gasteiger partial charge in [0.05, 0.1) is 0 Å². The molecule has 0 aromatic heterocycles. The average Bonchev–Trinajstić information content (AvgIpc) is 2.89. The van der Waals surface area contributed by atoms with Crippen LogP contribution in [0.15, 0.2) is 108 Å². The molecule has 4 rings (SSSR count). The molecule has 36 heavy (non-hydrogen) atoms. The molecule has 0 saturated carbocycles. The SMILES string of the molecule is Cc1ccc(NC(=O)N(CCNC(=O)c2cccc(Br)c2)c2ccc(Oc3ccccc3)cc2)cc1. The number of amides is 3. The van der Waals surface area contributed by atoms with Crippen molar-refractivity contribution in [1.82, 2.24) is 5.32 Å². The van der Waals surface area contributed by atoms with Crippen LogP contribution in [0, 0.1) is 6.92 Å². The Hall–Kier alpha value is -4.10. The lowest BCUT2D eigenvalue weighted by Crippen LogP contribution is -2.41. The molecular weight excluding hydrogens is 518 g/mol. The van der Waals surface area contributed by atoms with Gasteiger partial charge >= 0.3 is 6.03 Å². The van der Waals surface area contributed by atoms with Crippen LogP contribution in [-0.2, 0) is 0 Å². The zero-order valence-corrected chi connectivity index (χ0v) is 21.4. The molecule has 0 fully saturated rings. The van der Waals surface area contributed by atoms with Crippen LogP contribution in [0.2, 0.25) is 0 Å². The third-order valence-corrected chi connectivity index (χ3v) is 5.88. The molecule has 182 valence electrons. The lowest BCUT2D eigenvalue weighted by Gasteiger charge is -2.24. The molecule has 0 aliphatic carbocycles. The fourth-order valence-electron chi connectivity index (χ4n) is 3.51. The van der Waals surface area contributed by atoms with Crippen molar-refractivity contribution >= 4 is 39.2 Å². The highest BCUT2D eigenvalue weighted by Gasteiger charge is 2.17. The first kappa shape index (κ1) is 25.0. The van der Waals surface area contributed by atoms with E-state index in [2.05, 4.69) is 26.6 Å². The second-order valence-corrected chi connectivity index (χ2v) is 9.04. The highest BCUT2D eigenvalue weighted by Crippen LogP contribution is 2.25. The number of aryl methyl sites for hydroxylation is 1. The summed E-state index contributed by atoms with van der Waals surface area (Å²) in [4.78, 5) is 27.4. The fraction of sp³-hybridized carbons (Fsp3) is 0.103. The third-order valence-electron chi connectivity index (χ3n) is 5.38. The van der Waals surface area contributed by atoms with Gasteiger partial charge in [-0.2, -0.15) is 0 Å². The number of carbonyl (C=O) groups is 2. The number of carbonyl (C=O) groups excluding carboxylic acids is 2. The van der Waals surface area contributed by atoms with Gasteiger partial charge in [0.25, 0.3) is 5.91 Å². The average molecular weight is 544 g/mol. The standard InChI is InChI=1S/C29H26BrN3O3/c1-21-10-12-24(13-11-21)32-29(35)33(19-18-31-28(34)22-6-5-7-23(30)20-22)25-14-16-27(17-15-25)36-26-8-3-2-4-9-26/h2-17,20H,18-19H2,1H3,(H,31,34)(H,32,35). The van der Waals surface area contributed by atoms with Gasteiger partial charge in [0.15, 0.2) is 0 Å². The van der Waals surface area contributed by atoms with Crippen molar-refractivity contribution in [2.24, 2.45) is 0 Å². The number of halogens is 1. The summed E-state index contributed by atoms with van der Waals surface area (Å²) in [5.74, 6) is 1.18. The minimum absolute atomic E-state index is 0.207. The molecule has 0 atom stereocenters. The van der Waals surface area contributed by atoms with Crippen molar-refractivity contribution in [2.75, 3.05) is 23.3 Å². The van der Waals surface area contributed by atoms with E-state index in [4.69, 9.17) is 4.74 Å². The number of rotatable bonds is 8. The minimum Gasteiger partial charge on any atom is -0.457 e. The van der Waals surface area contributed by atoms with E-state index >= 15 is 0 Å². The smallest absolute Gasteiger partial charge is 0.326 e. The van der Waals surface area contributed by atoms with Gasteiger partial charge < -0.3 is 15.4 Å². The molecule has 0 aliphatic rings. The first-order chi connectivity index (χ1) is 17.5. The molecule has 6 nitrogen and oxygen atoms in total. The van der Waals surface area contributed by atoms with E-state index in [0.717, 1.165) is 15.8 Å². The van der Waals surface area contributed by atoms with Crippen molar-refractivity contribution < 1.29 is 14.3 Å². The van der Waals surface area contributed by atoms with Gasteiger partial charge in [0.1, 0.15) is 11.5 Å². The number of hydrogen-bond acceptors (Lipinski definition) is 3. The summed E-state index contributed by atoms with van der Waals surface area (Å²) < 4.78 is 6.70. The molecule has 0 spiro atoms. The molecule has 0 heterocycles. The fourth-order valence-corrected chi connectivity index (χ4v) is 3.91. The summed E-state index contributed by atoms with van der Waals surface area (Å²) in [5, 5.41) is 5.83. The lowest BCUT2D eigenvalue weighted by molar-refractivity contribution is 0.0954. The first-order valence-corrected chi connectivity index (χ1v) is 12.3. The van der Waals surface area contributed by atoms with Crippen molar-refractivity contribution in [2.45, 2.75) is 6.92 Å². The van der Waals surface area contributed by atoms with E-state index in [0.29, 0.717) is 22.7 Å². The number of urea groups is 1. The topological polar surface area (TPSA) is 70.7 Å². The van der Waals surface area contributed by atoms with Crippen LogP contribution in [0.5, 0.6) is 11.5 Å². The summed E-state index contributed by atoms with van der Waals surface area (Å²) in [5.41, 5.74) is 3.02. The van der Waals surface area contributed by atoms with Crippen molar-refractivity contribution in [3.8, 4) is 11.5 Å². The van der Waals surface area contributed by atoms with E-state index in [1.165, 1.54) is 0 Å². The van der Waals surface area contributed by atoms with Gasteiger partial charge in [-0.05, 0) is 73.7 Å². The summed E-state index contributed by atoms with van der Waals surface area (Å²) in [6.45, 7) is 2.54. The number of ether oxygens (including phenoxy) is 1. The van der Waals surface area contributed by atoms with Gasteiger partial charge in [-0.3, -0.25) is 9.69 Å². The van der Waals surface area contributed by atoms with Crippen molar-refractivity contribution in [1.29, 1.82) is 0 Å². The number of nitrogens with one attached hydrogen (secondary N) is 2.